The number of hydrogen-bond acceptors (Lipinski definition) is 3. The lowest BCUT2D eigenvalue weighted by molar-refractivity contribution is -0.134. The van der Waals surface area contributed by atoms with Crippen LogP contribution in [0, 0.1) is 5.41 Å². The van der Waals surface area contributed by atoms with Crippen LogP contribution in [-0.4, -0.2) is 60.1 Å². The van der Waals surface area contributed by atoms with E-state index in [0.717, 1.165) is 39.1 Å². The SMILES string of the molecule is CC(C)(C)CC(=O)N1CCN(CCCO)CC1. The van der Waals surface area contributed by atoms with Gasteiger partial charge in [0.15, 0.2) is 0 Å². The van der Waals surface area contributed by atoms with Gasteiger partial charge in [-0.15, -0.1) is 0 Å². The Balaban J connectivity index is 2.29. The van der Waals surface area contributed by atoms with Crippen molar-refractivity contribution in [2.45, 2.75) is 33.6 Å². The van der Waals surface area contributed by atoms with Crippen molar-refractivity contribution in [1.29, 1.82) is 0 Å². The smallest absolute Gasteiger partial charge is 0.223 e. The van der Waals surface area contributed by atoms with Gasteiger partial charge in [-0.3, -0.25) is 9.69 Å². The first-order valence-electron chi connectivity index (χ1n) is 6.53. The molecule has 0 spiro atoms. The quantitative estimate of drug-likeness (QED) is 0.798. The zero-order valence-electron chi connectivity index (χ0n) is 11.4. The Labute approximate surface area is 105 Å². The fraction of sp³-hybridized carbons (Fsp3) is 0.923. The van der Waals surface area contributed by atoms with Crippen molar-refractivity contribution in [2.24, 2.45) is 5.41 Å². The van der Waals surface area contributed by atoms with Crippen LogP contribution in [0.4, 0.5) is 0 Å². The van der Waals surface area contributed by atoms with Crippen molar-refractivity contribution in [3.63, 3.8) is 0 Å². The summed E-state index contributed by atoms with van der Waals surface area (Å²) < 4.78 is 0. The number of nitrogens with zero attached hydrogens (tertiary/aromatic N) is 2. The Hall–Kier alpha value is -0.610. The summed E-state index contributed by atoms with van der Waals surface area (Å²) in [5.74, 6) is 0.277. The van der Waals surface area contributed by atoms with Crippen LogP contribution in [0.25, 0.3) is 0 Å². The van der Waals surface area contributed by atoms with E-state index in [1.807, 2.05) is 4.90 Å². The molecule has 0 saturated carbocycles. The second kappa shape index (κ2) is 6.36. The Morgan fingerprint density at radius 1 is 1.18 bits per heavy atom. The molecular weight excluding hydrogens is 216 g/mol. The van der Waals surface area contributed by atoms with Gasteiger partial charge in [0.25, 0.3) is 0 Å². The summed E-state index contributed by atoms with van der Waals surface area (Å²) in [6, 6.07) is 0. The summed E-state index contributed by atoms with van der Waals surface area (Å²) in [6.45, 7) is 11.0. The molecule has 0 aromatic rings. The van der Waals surface area contributed by atoms with Gasteiger partial charge in [-0.05, 0) is 11.8 Å². The summed E-state index contributed by atoms with van der Waals surface area (Å²) in [4.78, 5) is 16.3. The number of piperazine rings is 1. The minimum atomic E-state index is 0.0745. The van der Waals surface area contributed by atoms with Gasteiger partial charge in [0, 0.05) is 45.8 Å². The third-order valence-corrected chi connectivity index (χ3v) is 3.04. The molecule has 0 unspecified atom stereocenters. The number of carbonyl (C=O) groups excluding carboxylic acids is 1. The lowest BCUT2D eigenvalue weighted by Gasteiger charge is -2.35. The van der Waals surface area contributed by atoms with E-state index in [2.05, 4.69) is 25.7 Å². The van der Waals surface area contributed by atoms with Crippen LogP contribution in [0.3, 0.4) is 0 Å². The molecule has 0 atom stereocenters. The molecule has 4 nitrogen and oxygen atoms in total. The standard InChI is InChI=1S/C13H26N2O2/c1-13(2,3)11-12(17)15-8-6-14(7-9-15)5-4-10-16/h16H,4-11H2,1-3H3. The zero-order valence-corrected chi connectivity index (χ0v) is 11.4. The molecule has 0 aromatic heterocycles. The van der Waals surface area contributed by atoms with E-state index in [1.165, 1.54) is 0 Å². The molecule has 1 saturated heterocycles. The van der Waals surface area contributed by atoms with Gasteiger partial charge in [-0.2, -0.15) is 0 Å². The van der Waals surface area contributed by atoms with Crippen LogP contribution < -0.4 is 0 Å². The first-order chi connectivity index (χ1) is 7.92. The third kappa shape index (κ3) is 5.50. The maximum atomic E-state index is 12.0. The maximum absolute atomic E-state index is 12.0. The Bertz CT molecular complexity index is 240. The molecule has 1 N–H and O–H groups in total. The molecule has 1 amide bonds. The first-order valence-corrected chi connectivity index (χ1v) is 6.53. The number of hydrogen-bond donors (Lipinski definition) is 1. The van der Waals surface area contributed by atoms with Gasteiger partial charge >= 0.3 is 0 Å². The van der Waals surface area contributed by atoms with E-state index in [4.69, 9.17) is 5.11 Å². The predicted octanol–water partition coefficient (Wildman–Crippen LogP) is 0.949. The van der Waals surface area contributed by atoms with Crippen molar-refractivity contribution in [2.75, 3.05) is 39.3 Å². The minimum Gasteiger partial charge on any atom is -0.396 e. The van der Waals surface area contributed by atoms with Crippen molar-refractivity contribution in [3.05, 3.63) is 0 Å². The second-order valence-corrected chi connectivity index (χ2v) is 6.04. The van der Waals surface area contributed by atoms with Crippen LogP contribution in [0.15, 0.2) is 0 Å². The third-order valence-electron chi connectivity index (χ3n) is 3.04. The fourth-order valence-corrected chi connectivity index (χ4v) is 2.08. The lowest BCUT2D eigenvalue weighted by atomic mass is 9.91. The van der Waals surface area contributed by atoms with Crippen molar-refractivity contribution in [3.8, 4) is 0 Å². The average Bonchev–Trinajstić information content (AvgIpc) is 2.24. The Morgan fingerprint density at radius 3 is 2.24 bits per heavy atom. The monoisotopic (exact) mass is 242 g/mol. The Kier molecular flexibility index (Phi) is 5.40. The molecule has 1 rings (SSSR count). The molecule has 0 bridgehead atoms. The predicted molar refractivity (Wildman–Crippen MR) is 68.8 cm³/mol. The number of rotatable bonds is 4. The highest BCUT2D eigenvalue weighted by Crippen LogP contribution is 2.20. The van der Waals surface area contributed by atoms with Crippen LogP contribution in [-0.2, 0) is 4.79 Å². The lowest BCUT2D eigenvalue weighted by Crippen LogP contribution is -2.49. The highest BCUT2D eigenvalue weighted by molar-refractivity contribution is 5.76. The van der Waals surface area contributed by atoms with Gasteiger partial charge in [-0.1, -0.05) is 20.8 Å². The molecule has 1 heterocycles. The summed E-state index contributed by atoms with van der Waals surface area (Å²) in [6.07, 6.45) is 1.46. The second-order valence-electron chi connectivity index (χ2n) is 6.04. The van der Waals surface area contributed by atoms with Crippen molar-refractivity contribution >= 4 is 5.91 Å². The molecule has 0 aromatic carbocycles. The van der Waals surface area contributed by atoms with Gasteiger partial charge in [0.2, 0.25) is 5.91 Å². The molecule has 17 heavy (non-hydrogen) atoms. The number of aliphatic hydroxyl groups excluding tert-OH is 1. The average molecular weight is 242 g/mol. The zero-order chi connectivity index (χ0) is 12.9. The van der Waals surface area contributed by atoms with Crippen molar-refractivity contribution in [1.82, 2.24) is 9.80 Å². The van der Waals surface area contributed by atoms with Crippen LogP contribution in [0.1, 0.15) is 33.6 Å². The van der Waals surface area contributed by atoms with Gasteiger partial charge in [0.1, 0.15) is 0 Å². The van der Waals surface area contributed by atoms with Crippen LogP contribution >= 0.6 is 0 Å². The minimum absolute atomic E-state index is 0.0745. The number of amides is 1. The van der Waals surface area contributed by atoms with E-state index >= 15 is 0 Å². The fourth-order valence-electron chi connectivity index (χ4n) is 2.08. The van der Waals surface area contributed by atoms with Crippen molar-refractivity contribution < 1.29 is 9.90 Å². The normalized spacial score (nSPS) is 18.5. The van der Waals surface area contributed by atoms with E-state index in [9.17, 15) is 4.79 Å². The topological polar surface area (TPSA) is 43.8 Å². The largest absolute Gasteiger partial charge is 0.396 e. The highest BCUT2D eigenvalue weighted by Gasteiger charge is 2.24. The molecule has 0 aliphatic carbocycles. The summed E-state index contributed by atoms with van der Waals surface area (Å²) >= 11 is 0. The van der Waals surface area contributed by atoms with Gasteiger partial charge < -0.3 is 10.0 Å². The van der Waals surface area contributed by atoms with E-state index in [0.29, 0.717) is 6.42 Å². The van der Waals surface area contributed by atoms with Gasteiger partial charge in [0.05, 0.1) is 0 Å². The first kappa shape index (κ1) is 14.5. The molecule has 1 fully saturated rings. The van der Waals surface area contributed by atoms with Crippen LogP contribution in [0.2, 0.25) is 0 Å². The summed E-state index contributed by atoms with van der Waals surface area (Å²) in [5, 5.41) is 8.77. The molecular formula is C13H26N2O2. The number of aliphatic hydroxyl groups is 1. The molecule has 1 aliphatic rings. The maximum Gasteiger partial charge on any atom is 0.223 e. The summed E-state index contributed by atoms with van der Waals surface area (Å²) in [5.41, 5.74) is 0.0745. The Morgan fingerprint density at radius 2 is 1.76 bits per heavy atom. The van der Waals surface area contributed by atoms with Crippen LogP contribution in [0.5, 0.6) is 0 Å². The summed E-state index contributed by atoms with van der Waals surface area (Å²) in [7, 11) is 0. The van der Waals surface area contributed by atoms with E-state index in [-0.39, 0.29) is 17.9 Å². The molecule has 0 radical (unpaired) electrons. The molecule has 4 heteroatoms. The number of carbonyl (C=O) groups is 1. The molecule has 1 aliphatic heterocycles. The van der Waals surface area contributed by atoms with Gasteiger partial charge in [-0.25, -0.2) is 0 Å². The molecule has 100 valence electrons. The van der Waals surface area contributed by atoms with E-state index < -0.39 is 0 Å². The highest BCUT2D eigenvalue weighted by atomic mass is 16.3. The van der Waals surface area contributed by atoms with E-state index in [1.54, 1.807) is 0 Å².